The molecule has 2 N–H and O–H groups in total. The molecule has 0 spiro atoms. The quantitative estimate of drug-likeness (QED) is 0.837. The molecule has 0 unspecified atom stereocenters. The fourth-order valence-corrected chi connectivity index (χ4v) is 1.77. The van der Waals surface area contributed by atoms with Crippen molar-refractivity contribution < 1.29 is 4.79 Å². The number of nitriles is 1. The predicted molar refractivity (Wildman–Crippen MR) is 87.4 cm³/mol. The van der Waals surface area contributed by atoms with Gasteiger partial charge in [0.1, 0.15) is 11.5 Å². The van der Waals surface area contributed by atoms with Crippen molar-refractivity contribution >= 4 is 17.4 Å². The van der Waals surface area contributed by atoms with E-state index in [0.29, 0.717) is 17.9 Å². The van der Waals surface area contributed by atoms with Crippen LogP contribution in [-0.2, 0) is 0 Å². The third-order valence-electron chi connectivity index (χ3n) is 3.02. The van der Waals surface area contributed by atoms with Gasteiger partial charge in [-0.3, -0.25) is 4.79 Å². The average molecular weight is 310 g/mol. The minimum absolute atomic E-state index is 0.246. The van der Waals surface area contributed by atoms with E-state index in [9.17, 15) is 4.79 Å². The molecule has 1 amide bonds. The first-order chi connectivity index (χ1) is 11.1. The molecule has 0 fully saturated rings. The molecule has 0 radical (unpaired) electrons. The van der Waals surface area contributed by atoms with E-state index >= 15 is 0 Å². The van der Waals surface area contributed by atoms with E-state index in [1.165, 1.54) is 12.4 Å². The monoisotopic (exact) mass is 310 g/mol. The smallest absolute Gasteiger partial charge is 0.271 e. The molecule has 0 saturated heterocycles. The van der Waals surface area contributed by atoms with Gasteiger partial charge >= 0.3 is 0 Å². The van der Waals surface area contributed by atoms with Gasteiger partial charge in [0.2, 0.25) is 0 Å². The van der Waals surface area contributed by atoms with Gasteiger partial charge in [0.05, 0.1) is 24.0 Å². The largest absolute Gasteiger partial charge is 0.349 e. The number of likely N-dealkylation sites (N-methyl/N-ethyl adjacent to an activating group) is 1. The van der Waals surface area contributed by atoms with E-state index in [1.807, 2.05) is 19.0 Å². The van der Waals surface area contributed by atoms with Gasteiger partial charge in [-0.15, -0.1) is 0 Å². The lowest BCUT2D eigenvalue weighted by molar-refractivity contribution is 0.0945. The van der Waals surface area contributed by atoms with Gasteiger partial charge < -0.3 is 15.5 Å². The molecule has 0 aliphatic carbocycles. The topological polar surface area (TPSA) is 93.9 Å². The maximum atomic E-state index is 11.9. The third kappa shape index (κ3) is 5.05. The van der Waals surface area contributed by atoms with Crippen LogP contribution in [0.2, 0.25) is 0 Å². The van der Waals surface area contributed by atoms with Crippen LogP contribution >= 0.6 is 0 Å². The molecule has 7 nitrogen and oxygen atoms in total. The van der Waals surface area contributed by atoms with Crippen molar-refractivity contribution in [1.82, 2.24) is 20.2 Å². The van der Waals surface area contributed by atoms with Crippen LogP contribution in [0, 0.1) is 11.3 Å². The van der Waals surface area contributed by atoms with Gasteiger partial charge in [-0.05, 0) is 38.4 Å². The van der Waals surface area contributed by atoms with Crippen molar-refractivity contribution in [2.75, 3.05) is 32.5 Å². The molecule has 0 atom stereocenters. The number of aromatic nitrogens is 2. The predicted octanol–water partition coefficient (Wildman–Crippen LogP) is 1.38. The Morgan fingerprint density at radius 2 is 1.96 bits per heavy atom. The summed E-state index contributed by atoms with van der Waals surface area (Å²) in [7, 11) is 3.88. The third-order valence-corrected chi connectivity index (χ3v) is 3.02. The first-order valence-corrected chi connectivity index (χ1v) is 7.10. The molecule has 1 aromatic heterocycles. The molecule has 0 saturated carbocycles. The molecule has 0 aliphatic heterocycles. The summed E-state index contributed by atoms with van der Waals surface area (Å²) in [5, 5.41) is 14.6. The van der Waals surface area contributed by atoms with Gasteiger partial charge in [-0.25, -0.2) is 9.97 Å². The summed E-state index contributed by atoms with van der Waals surface area (Å²) in [6, 6.07) is 9.04. The van der Waals surface area contributed by atoms with Crippen LogP contribution in [0.25, 0.3) is 0 Å². The summed E-state index contributed by atoms with van der Waals surface area (Å²) < 4.78 is 0. The second-order valence-corrected chi connectivity index (χ2v) is 5.16. The van der Waals surface area contributed by atoms with Crippen LogP contribution in [0.1, 0.15) is 16.1 Å². The fraction of sp³-hybridized carbons (Fsp3) is 0.250. The number of hydrogen-bond acceptors (Lipinski definition) is 6. The number of carbonyl (C=O) groups excluding carboxylic acids is 1. The Balaban J connectivity index is 1.93. The standard InChI is InChI=1S/C16H18N6O/c1-22(2)8-7-18-16(23)14-10-20-15(11-19-14)21-13-5-3-12(9-17)4-6-13/h3-6,10-11H,7-8H2,1-2H3,(H,18,23)(H,20,21). The number of rotatable bonds is 6. The maximum Gasteiger partial charge on any atom is 0.271 e. The van der Waals surface area contributed by atoms with Crippen molar-refractivity contribution in [2.24, 2.45) is 0 Å². The summed E-state index contributed by atoms with van der Waals surface area (Å²) in [4.78, 5) is 22.1. The summed E-state index contributed by atoms with van der Waals surface area (Å²) in [5.41, 5.74) is 1.65. The molecule has 1 heterocycles. The molecule has 7 heteroatoms. The Kier molecular flexibility index (Phi) is 5.61. The van der Waals surface area contributed by atoms with Crippen molar-refractivity contribution in [2.45, 2.75) is 0 Å². The minimum Gasteiger partial charge on any atom is -0.349 e. The fourth-order valence-electron chi connectivity index (χ4n) is 1.77. The second kappa shape index (κ2) is 7.87. The molecule has 0 bridgehead atoms. The zero-order valence-electron chi connectivity index (χ0n) is 13.1. The molecule has 1 aromatic carbocycles. The Morgan fingerprint density at radius 3 is 2.52 bits per heavy atom. The molecule has 23 heavy (non-hydrogen) atoms. The van der Waals surface area contributed by atoms with Gasteiger partial charge in [0, 0.05) is 18.8 Å². The SMILES string of the molecule is CN(C)CCNC(=O)c1cnc(Nc2ccc(C#N)cc2)cn1. The summed E-state index contributed by atoms with van der Waals surface area (Å²) in [6.45, 7) is 1.32. The zero-order chi connectivity index (χ0) is 16.7. The number of nitrogens with zero attached hydrogens (tertiary/aromatic N) is 4. The molecule has 2 aromatic rings. The lowest BCUT2D eigenvalue weighted by Crippen LogP contribution is -2.31. The van der Waals surface area contributed by atoms with E-state index in [-0.39, 0.29) is 11.6 Å². The molecular formula is C16H18N6O. The van der Waals surface area contributed by atoms with Crippen LogP contribution in [0.4, 0.5) is 11.5 Å². The van der Waals surface area contributed by atoms with Crippen LogP contribution in [-0.4, -0.2) is 48.0 Å². The van der Waals surface area contributed by atoms with Gasteiger partial charge in [-0.1, -0.05) is 0 Å². The lowest BCUT2D eigenvalue weighted by Gasteiger charge is -2.10. The molecule has 2 rings (SSSR count). The first-order valence-electron chi connectivity index (χ1n) is 7.10. The molecular weight excluding hydrogens is 292 g/mol. The van der Waals surface area contributed by atoms with Crippen molar-refractivity contribution in [3.05, 3.63) is 47.9 Å². The van der Waals surface area contributed by atoms with E-state index in [0.717, 1.165) is 12.2 Å². The molecule has 0 aliphatic rings. The normalized spacial score (nSPS) is 10.2. The van der Waals surface area contributed by atoms with Gasteiger partial charge in [-0.2, -0.15) is 5.26 Å². The van der Waals surface area contributed by atoms with Crippen molar-refractivity contribution in [3.8, 4) is 6.07 Å². The number of hydrogen-bond donors (Lipinski definition) is 2. The lowest BCUT2D eigenvalue weighted by atomic mass is 10.2. The highest BCUT2D eigenvalue weighted by Gasteiger charge is 2.07. The highest BCUT2D eigenvalue weighted by Crippen LogP contribution is 2.14. The van der Waals surface area contributed by atoms with Gasteiger partial charge in [0.25, 0.3) is 5.91 Å². The van der Waals surface area contributed by atoms with Crippen LogP contribution < -0.4 is 10.6 Å². The van der Waals surface area contributed by atoms with Crippen LogP contribution in [0.3, 0.4) is 0 Å². The summed E-state index contributed by atoms with van der Waals surface area (Å²) >= 11 is 0. The highest BCUT2D eigenvalue weighted by atomic mass is 16.1. The van der Waals surface area contributed by atoms with Crippen molar-refractivity contribution in [1.29, 1.82) is 5.26 Å². The van der Waals surface area contributed by atoms with E-state index in [1.54, 1.807) is 24.3 Å². The number of carbonyl (C=O) groups is 1. The average Bonchev–Trinajstić information content (AvgIpc) is 2.56. The minimum atomic E-state index is -0.246. The zero-order valence-corrected chi connectivity index (χ0v) is 13.1. The van der Waals surface area contributed by atoms with Crippen LogP contribution in [0.15, 0.2) is 36.7 Å². The Morgan fingerprint density at radius 1 is 1.22 bits per heavy atom. The second-order valence-electron chi connectivity index (χ2n) is 5.16. The Bertz CT molecular complexity index is 688. The highest BCUT2D eigenvalue weighted by molar-refractivity contribution is 5.92. The van der Waals surface area contributed by atoms with Crippen molar-refractivity contribution in [3.63, 3.8) is 0 Å². The van der Waals surface area contributed by atoms with E-state index < -0.39 is 0 Å². The summed E-state index contributed by atoms with van der Waals surface area (Å²) in [6.07, 6.45) is 2.93. The number of benzene rings is 1. The molecule has 118 valence electrons. The van der Waals surface area contributed by atoms with Gasteiger partial charge in [0.15, 0.2) is 0 Å². The first kappa shape index (κ1) is 16.4. The number of amides is 1. The Hall–Kier alpha value is -2.98. The van der Waals surface area contributed by atoms with E-state index in [4.69, 9.17) is 5.26 Å². The Labute approximate surface area is 135 Å². The number of nitrogens with one attached hydrogen (secondary N) is 2. The van der Waals surface area contributed by atoms with E-state index in [2.05, 4.69) is 26.7 Å². The van der Waals surface area contributed by atoms with Crippen LogP contribution in [0.5, 0.6) is 0 Å². The number of anilines is 2. The summed E-state index contributed by atoms with van der Waals surface area (Å²) in [5.74, 6) is 0.281. The maximum absolute atomic E-state index is 11.9.